The molecule has 1 unspecified atom stereocenters. The number of unbranched alkanes of at least 4 members (excludes halogenated alkanes) is 9. The Balaban J connectivity index is 1.85. The van der Waals surface area contributed by atoms with Crippen molar-refractivity contribution in [2.24, 2.45) is 10.2 Å². The molecule has 44 heavy (non-hydrogen) atoms. The molecule has 0 aliphatic rings. The van der Waals surface area contributed by atoms with Gasteiger partial charge in [0.2, 0.25) is 0 Å². The number of halogens is 1. The van der Waals surface area contributed by atoms with Gasteiger partial charge < -0.3 is 19.9 Å². The van der Waals surface area contributed by atoms with Crippen molar-refractivity contribution in [2.75, 3.05) is 24.2 Å². The van der Waals surface area contributed by atoms with Crippen LogP contribution in [0.15, 0.2) is 46.6 Å². The van der Waals surface area contributed by atoms with Gasteiger partial charge >= 0.3 is 11.9 Å². The first-order valence-electron chi connectivity index (χ1n) is 15.1. The van der Waals surface area contributed by atoms with Crippen LogP contribution in [-0.4, -0.2) is 55.0 Å². The van der Waals surface area contributed by atoms with Crippen LogP contribution in [0.2, 0.25) is 5.02 Å². The first-order valence-corrected chi connectivity index (χ1v) is 17.1. The number of hydrogen-bond acceptors (Lipinski definition) is 10. The lowest BCUT2D eigenvalue weighted by molar-refractivity contribution is -0.153. The molecular formula is C31H44ClN3O8S. The van der Waals surface area contributed by atoms with Gasteiger partial charge in [-0.05, 0) is 50.1 Å². The number of rotatable bonds is 21. The maximum Gasteiger partial charge on any atom is 0.347 e. The van der Waals surface area contributed by atoms with Gasteiger partial charge in [-0.1, -0.05) is 76.3 Å². The number of azo groups is 1. The van der Waals surface area contributed by atoms with Crippen molar-refractivity contribution in [2.45, 2.75) is 90.6 Å². The highest BCUT2D eigenvalue weighted by Gasteiger charge is 2.21. The lowest BCUT2D eigenvalue weighted by atomic mass is 10.1. The fraction of sp³-hybridized carbons (Fsp3) is 0.548. The summed E-state index contributed by atoms with van der Waals surface area (Å²) in [5.74, 6) is -1.86. The van der Waals surface area contributed by atoms with Gasteiger partial charge in [0.25, 0.3) is 10.1 Å². The number of anilines is 1. The molecule has 2 rings (SSSR count). The first kappa shape index (κ1) is 37.0. The second kappa shape index (κ2) is 19.9. The smallest absolute Gasteiger partial charge is 0.347 e. The van der Waals surface area contributed by atoms with Gasteiger partial charge in [0.15, 0.2) is 6.10 Å². The second-order valence-corrected chi connectivity index (χ2v) is 12.5. The summed E-state index contributed by atoms with van der Waals surface area (Å²) >= 11 is 6.25. The van der Waals surface area contributed by atoms with E-state index in [1.54, 1.807) is 0 Å². The van der Waals surface area contributed by atoms with Crippen LogP contribution in [0.5, 0.6) is 5.75 Å². The van der Waals surface area contributed by atoms with E-state index < -0.39 is 33.9 Å². The molecule has 0 aromatic heterocycles. The van der Waals surface area contributed by atoms with E-state index in [-0.39, 0.29) is 41.6 Å². The normalized spacial score (nSPS) is 12.3. The molecule has 1 atom stereocenters. The van der Waals surface area contributed by atoms with Crippen LogP contribution in [0.1, 0.15) is 94.8 Å². The summed E-state index contributed by atoms with van der Waals surface area (Å²) in [6.45, 7) is 4.11. The molecule has 244 valence electrons. The van der Waals surface area contributed by atoms with Gasteiger partial charge in [-0.15, -0.1) is 10.2 Å². The molecule has 2 aromatic carbocycles. The maximum absolute atomic E-state index is 12.7. The minimum atomic E-state index is -4.09. The van der Waals surface area contributed by atoms with E-state index in [0.29, 0.717) is 11.4 Å². The number of nitrogens with zero attached hydrogens (tertiary/aromatic N) is 2. The summed E-state index contributed by atoms with van der Waals surface area (Å²) in [5, 5.41) is 21.2. The molecule has 0 fully saturated rings. The highest BCUT2D eigenvalue weighted by Crippen LogP contribution is 2.33. The van der Waals surface area contributed by atoms with Crippen molar-refractivity contribution in [1.82, 2.24) is 0 Å². The Morgan fingerprint density at radius 3 is 2.20 bits per heavy atom. The van der Waals surface area contributed by atoms with E-state index in [1.807, 2.05) is 0 Å². The first-order chi connectivity index (χ1) is 21.0. The van der Waals surface area contributed by atoms with Gasteiger partial charge in [-0.25, -0.2) is 9.59 Å². The van der Waals surface area contributed by atoms with Crippen LogP contribution in [0.3, 0.4) is 0 Å². The van der Waals surface area contributed by atoms with Crippen LogP contribution in [0, 0.1) is 0 Å². The van der Waals surface area contributed by atoms with Crippen LogP contribution < -0.4 is 5.32 Å². The molecule has 0 bridgehead atoms. The van der Waals surface area contributed by atoms with Crippen LogP contribution >= 0.6 is 11.6 Å². The second-order valence-electron chi connectivity index (χ2n) is 10.5. The summed E-state index contributed by atoms with van der Waals surface area (Å²) < 4.78 is 41.3. The predicted molar refractivity (Wildman–Crippen MR) is 171 cm³/mol. The minimum absolute atomic E-state index is 0.0554. The Bertz CT molecular complexity index is 1340. The third-order valence-corrected chi connectivity index (χ3v) is 7.80. The number of carbonyl (C=O) groups excluding carboxylic acids is 2. The average molecular weight is 654 g/mol. The number of phenols is 1. The molecule has 3 N–H and O–H groups in total. The fourth-order valence-corrected chi connectivity index (χ4v) is 4.88. The topological polar surface area (TPSA) is 164 Å². The highest BCUT2D eigenvalue weighted by molar-refractivity contribution is 7.85. The highest BCUT2D eigenvalue weighted by atomic mass is 35.5. The zero-order valence-electron chi connectivity index (χ0n) is 25.5. The molecule has 0 spiro atoms. The lowest BCUT2D eigenvalue weighted by Crippen LogP contribution is -2.26. The summed E-state index contributed by atoms with van der Waals surface area (Å²) in [6, 6.07) is 8.52. The van der Waals surface area contributed by atoms with Crippen molar-refractivity contribution in [1.29, 1.82) is 0 Å². The Morgan fingerprint density at radius 1 is 0.909 bits per heavy atom. The third-order valence-electron chi connectivity index (χ3n) is 6.68. The van der Waals surface area contributed by atoms with Crippen molar-refractivity contribution >= 4 is 50.7 Å². The summed E-state index contributed by atoms with van der Waals surface area (Å²) in [5.41, 5.74) is 0.924. The number of nitrogens with one attached hydrogen (secondary N) is 1. The van der Waals surface area contributed by atoms with E-state index in [1.165, 1.54) is 88.3 Å². The van der Waals surface area contributed by atoms with Crippen LogP contribution in [0.25, 0.3) is 0 Å². The molecule has 11 nitrogen and oxygen atoms in total. The molecule has 13 heteroatoms. The molecule has 0 radical (unpaired) electrons. The van der Waals surface area contributed by atoms with Gasteiger partial charge in [-0.3, -0.25) is 4.55 Å². The van der Waals surface area contributed by atoms with E-state index >= 15 is 0 Å². The molecule has 0 aliphatic carbocycles. The third kappa shape index (κ3) is 15.0. The zero-order valence-corrected chi connectivity index (χ0v) is 27.0. The summed E-state index contributed by atoms with van der Waals surface area (Å²) in [6.07, 6.45) is 10.7. The summed E-state index contributed by atoms with van der Waals surface area (Å²) in [4.78, 5) is 25.1. The number of carbonyl (C=O) groups is 2. The summed E-state index contributed by atoms with van der Waals surface area (Å²) in [7, 11) is -4.09. The quantitative estimate of drug-likeness (QED) is 0.0521. The lowest BCUT2D eigenvalue weighted by Gasteiger charge is -2.13. The number of aromatic hydroxyl groups is 1. The van der Waals surface area contributed by atoms with Crippen molar-refractivity contribution in [3.8, 4) is 5.75 Å². The largest absolute Gasteiger partial charge is 0.508 e. The Kier molecular flexibility index (Phi) is 16.8. The number of esters is 2. The van der Waals surface area contributed by atoms with Gasteiger partial charge in [0.05, 0.1) is 28.6 Å². The number of hydrogen-bond donors (Lipinski definition) is 3. The monoisotopic (exact) mass is 653 g/mol. The van der Waals surface area contributed by atoms with E-state index in [2.05, 4.69) is 22.5 Å². The number of phenolic OH excluding ortho intramolecular Hbond substituents is 1. The SMILES string of the molecule is CCCCCCCCCCCCOC(=O)C(C)OC(=O)c1ccc(Cl)c(N=Nc2ccc(O)cc2NCCCS(=O)(=O)O)c1. The molecule has 0 aliphatic heterocycles. The standard InChI is InChI=1S/C31H44ClN3O8S/c1-3-4-5-6-7-8-9-10-11-12-19-42-30(37)23(2)43-31(38)24-14-16-26(32)28(21-24)35-34-27-17-15-25(36)22-29(27)33-18-13-20-44(39,40)41/h14-17,21-23,33,36H,3-13,18-20H2,1-2H3,(H,39,40,41). The maximum atomic E-state index is 12.7. The Hall–Kier alpha value is -3.22. The zero-order chi connectivity index (χ0) is 32.4. The molecule has 0 saturated heterocycles. The van der Waals surface area contributed by atoms with E-state index in [4.69, 9.17) is 25.6 Å². The molecule has 2 aromatic rings. The molecule has 0 amide bonds. The average Bonchev–Trinajstić information content (AvgIpc) is 2.97. The van der Waals surface area contributed by atoms with Crippen LogP contribution in [-0.2, 0) is 24.4 Å². The predicted octanol–water partition coefficient (Wildman–Crippen LogP) is 8.16. The fourth-order valence-electron chi connectivity index (χ4n) is 4.21. The van der Waals surface area contributed by atoms with Crippen molar-refractivity contribution in [3.63, 3.8) is 0 Å². The molecular weight excluding hydrogens is 610 g/mol. The van der Waals surface area contributed by atoms with Gasteiger partial charge in [0, 0.05) is 12.6 Å². The molecule has 0 heterocycles. The number of benzene rings is 2. The van der Waals surface area contributed by atoms with E-state index in [0.717, 1.165) is 19.3 Å². The Morgan fingerprint density at radius 2 is 1.55 bits per heavy atom. The number of ether oxygens (including phenoxy) is 2. The molecule has 0 saturated carbocycles. The van der Waals surface area contributed by atoms with Gasteiger partial charge in [-0.2, -0.15) is 8.42 Å². The van der Waals surface area contributed by atoms with Crippen molar-refractivity contribution in [3.05, 3.63) is 47.0 Å². The van der Waals surface area contributed by atoms with Crippen LogP contribution in [0.4, 0.5) is 17.1 Å². The Labute approximate surface area is 265 Å². The van der Waals surface area contributed by atoms with Crippen molar-refractivity contribution < 1.29 is 37.1 Å². The van der Waals surface area contributed by atoms with Gasteiger partial charge in [0.1, 0.15) is 17.1 Å². The minimum Gasteiger partial charge on any atom is -0.508 e. The van der Waals surface area contributed by atoms with E-state index in [9.17, 15) is 23.1 Å².